The molecule has 8 nitrogen and oxygen atoms in total. The van der Waals surface area contributed by atoms with Crippen LogP contribution in [0.15, 0.2) is 42.5 Å². The minimum atomic E-state index is -2.26. The lowest BCUT2D eigenvalue weighted by Crippen LogP contribution is -2.45. The molecule has 2 rings (SSSR count). The van der Waals surface area contributed by atoms with Gasteiger partial charge in [-0.2, -0.15) is 0 Å². The van der Waals surface area contributed by atoms with E-state index in [1.807, 2.05) is 30.3 Å². The fourth-order valence-corrected chi connectivity index (χ4v) is 6.93. The van der Waals surface area contributed by atoms with Crippen LogP contribution in [0.4, 0.5) is 0 Å². The standard InChI is InChI=1S/C38H62O8Si3/c1-36(2,3)47(12,13)44-29-21-18-27(24-31(29)41-10)20-23-34(39)43-33(35(40)42-11)26-28-19-22-30(45-48(14,15)37(4,5)6)32(25-28)46-49(16,17)38(7,8)9/h18-25,33H,26H2,1-17H3/b23-20+/t33-/m1/s1. The van der Waals surface area contributed by atoms with Crippen molar-refractivity contribution >= 4 is 43.0 Å². The molecule has 0 amide bonds. The molecule has 0 saturated carbocycles. The van der Waals surface area contributed by atoms with Crippen molar-refractivity contribution in [3.63, 3.8) is 0 Å². The Labute approximate surface area is 299 Å². The molecule has 0 N–H and O–H groups in total. The van der Waals surface area contributed by atoms with Gasteiger partial charge in [0, 0.05) is 12.5 Å². The maximum atomic E-state index is 13.0. The van der Waals surface area contributed by atoms with Gasteiger partial charge in [-0.15, -0.1) is 0 Å². The number of methoxy groups -OCH3 is 2. The zero-order chi connectivity index (χ0) is 37.8. The van der Waals surface area contributed by atoms with Gasteiger partial charge in [0.25, 0.3) is 25.0 Å². The number of rotatable bonds is 13. The van der Waals surface area contributed by atoms with Crippen molar-refractivity contribution in [2.24, 2.45) is 0 Å². The molecule has 274 valence electrons. The molecule has 11 heteroatoms. The van der Waals surface area contributed by atoms with E-state index in [0.29, 0.717) is 23.0 Å². The van der Waals surface area contributed by atoms with Gasteiger partial charge in [0.2, 0.25) is 6.10 Å². The SMILES string of the molecule is COC(=O)[C@@H](Cc1ccc(O[Si](C)(C)C(C)(C)C)c(O[Si](C)(C)C(C)(C)C)c1)OC(=O)/C=C/c1ccc(O[Si](C)(C)C(C)(C)C)c(OC)c1. The van der Waals surface area contributed by atoms with Crippen LogP contribution >= 0.6 is 0 Å². The topological polar surface area (TPSA) is 89.5 Å². The largest absolute Gasteiger partial charge is 0.541 e. The molecule has 0 heterocycles. The van der Waals surface area contributed by atoms with E-state index in [9.17, 15) is 9.59 Å². The van der Waals surface area contributed by atoms with E-state index in [1.165, 1.54) is 13.2 Å². The monoisotopic (exact) mass is 730 g/mol. The minimum Gasteiger partial charge on any atom is -0.541 e. The van der Waals surface area contributed by atoms with Crippen LogP contribution in [0.2, 0.25) is 54.4 Å². The molecule has 0 aromatic heterocycles. The van der Waals surface area contributed by atoms with Crippen LogP contribution in [0.25, 0.3) is 6.08 Å². The van der Waals surface area contributed by atoms with Gasteiger partial charge < -0.3 is 27.5 Å². The van der Waals surface area contributed by atoms with Crippen molar-refractivity contribution in [1.29, 1.82) is 0 Å². The first-order chi connectivity index (χ1) is 22.1. The molecule has 49 heavy (non-hydrogen) atoms. The first-order valence-electron chi connectivity index (χ1n) is 17.0. The number of hydrogen-bond acceptors (Lipinski definition) is 8. The van der Waals surface area contributed by atoms with E-state index in [0.717, 1.165) is 11.1 Å². The molecule has 2 aromatic rings. The molecule has 0 aliphatic heterocycles. The lowest BCUT2D eigenvalue weighted by atomic mass is 10.1. The molecule has 0 saturated heterocycles. The summed E-state index contributed by atoms with van der Waals surface area (Å²) < 4.78 is 36.2. The second-order valence-electron chi connectivity index (χ2n) is 17.3. The van der Waals surface area contributed by atoms with Crippen LogP contribution in [0, 0.1) is 0 Å². The molecule has 0 spiro atoms. The second-order valence-corrected chi connectivity index (χ2v) is 31.4. The Morgan fingerprint density at radius 3 is 1.55 bits per heavy atom. The Hall–Kier alpha value is -3.03. The highest BCUT2D eigenvalue weighted by Crippen LogP contribution is 2.44. The summed E-state index contributed by atoms with van der Waals surface area (Å²) in [6.45, 7) is 32.8. The second kappa shape index (κ2) is 15.5. The first kappa shape index (κ1) is 42.1. The number of benzene rings is 2. The zero-order valence-corrected chi connectivity index (χ0v) is 36.2. The van der Waals surface area contributed by atoms with Crippen LogP contribution in [-0.4, -0.2) is 57.2 Å². The molecule has 0 radical (unpaired) electrons. The summed E-state index contributed by atoms with van der Waals surface area (Å²) >= 11 is 0. The summed E-state index contributed by atoms with van der Waals surface area (Å²) in [4.78, 5) is 25.9. The summed E-state index contributed by atoms with van der Waals surface area (Å²) in [5.41, 5.74) is 1.47. The van der Waals surface area contributed by atoms with E-state index >= 15 is 0 Å². The lowest BCUT2D eigenvalue weighted by Gasteiger charge is -2.39. The summed E-state index contributed by atoms with van der Waals surface area (Å²) in [5.74, 6) is 1.24. The summed E-state index contributed by atoms with van der Waals surface area (Å²) in [5, 5.41) is -0.0323. The fraction of sp³-hybridized carbons (Fsp3) is 0.579. The average Bonchev–Trinajstić information content (AvgIpc) is 2.95. The van der Waals surface area contributed by atoms with Crippen LogP contribution in [-0.2, 0) is 25.5 Å². The van der Waals surface area contributed by atoms with Crippen LogP contribution < -0.4 is 18.0 Å². The Morgan fingerprint density at radius 2 is 1.10 bits per heavy atom. The van der Waals surface area contributed by atoms with Crippen molar-refractivity contribution in [3.05, 3.63) is 53.6 Å². The fourth-order valence-electron chi connectivity index (χ4n) is 3.86. The van der Waals surface area contributed by atoms with Crippen LogP contribution in [0.5, 0.6) is 23.0 Å². The molecular weight excluding hydrogens is 669 g/mol. The molecular formula is C38H62O8Si3. The molecule has 0 aliphatic rings. The third-order valence-corrected chi connectivity index (χ3v) is 23.3. The number of esters is 2. The molecule has 0 aliphatic carbocycles. The van der Waals surface area contributed by atoms with Crippen molar-refractivity contribution in [3.8, 4) is 23.0 Å². The number of hydrogen-bond donors (Lipinski definition) is 0. The maximum Gasteiger partial charge on any atom is 0.347 e. The summed E-state index contributed by atoms with van der Waals surface area (Å²) in [7, 11) is -3.66. The van der Waals surface area contributed by atoms with E-state index in [4.69, 9.17) is 27.5 Å². The Balaban J connectivity index is 2.36. The molecule has 2 aromatic carbocycles. The van der Waals surface area contributed by atoms with Gasteiger partial charge in [-0.05, 0) is 95.9 Å². The van der Waals surface area contributed by atoms with Crippen LogP contribution in [0.1, 0.15) is 73.4 Å². The first-order valence-corrected chi connectivity index (χ1v) is 25.7. The Morgan fingerprint density at radius 1 is 0.653 bits per heavy atom. The minimum absolute atomic E-state index is 0.0106. The smallest absolute Gasteiger partial charge is 0.347 e. The van der Waals surface area contributed by atoms with Gasteiger partial charge in [0.05, 0.1) is 14.2 Å². The van der Waals surface area contributed by atoms with Crippen molar-refractivity contribution < 1.29 is 37.1 Å². The van der Waals surface area contributed by atoms with Gasteiger partial charge in [0.15, 0.2) is 5.75 Å². The highest BCUT2D eigenvalue weighted by molar-refractivity contribution is 6.75. The normalized spacial score (nSPS) is 13.9. The molecule has 1 atom stereocenters. The quantitative estimate of drug-likeness (QED) is 0.114. The van der Waals surface area contributed by atoms with Gasteiger partial charge in [0.1, 0.15) is 17.2 Å². The summed E-state index contributed by atoms with van der Waals surface area (Å²) in [6.07, 6.45) is 1.85. The van der Waals surface area contributed by atoms with Crippen molar-refractivity contribution in [1.82, 2.24) is 0 Å². The van der Waals surface area contributed by atoms with Crippen molar-refractivity contribution in [2.45, 2.75) is 129 Å². The maximum absolute atomic E-state index is 13.0. The predicted molar refractivity (Wildman–Crippen MR) is 208 cm³/mol. The summed E-state index contributed by atoms with van der Waals surface area (Å²) in [6, 6.07) is 11.2. The van der Waals surface area contributed by atoms with Crippen molar-refractivity contribution in [2.75, 3.05) is 14.2 Å². The average molecular weight is 731 g/mol. The van der Waals surface area contributed by atoms with E-state index in [-0.39, 0.29) is 21.5 Å². The highest BCUT2D eigenvalue weighted by Gasteiger charge is 2.42. The Kier molecular flexibility index (Phi) is 13.3. The third kappa shape index (κ3) is 11.2. The van der Waals surface area contributed by atoms with Gasteiger partial charge in [-0.25, -0.2) is 9.59 Å². The zero-order valence-electron chi connectivity index (χ0n) is 33.2. The number of carbonyl (C=O) groups is 2. The lowest BCUT2D eigenvalue weighted by molar-refractivity contribution is -0.162. The van der Waals surface area contributed by atoms with Gasteiger partial charge >= 0.3 is 11.9 Å². The third-order valence-electron chi connectivity index (χ3n) is 10.3. The van der Waals surface area contributed by atoms with E-state index < -0.39 is 43.0 Å². The molecule has 0 fully saturated rings. The van der Waals surface area contributed by atoms with E-state index in [2.05, 4.69) is 102 Å². The highest BCUT2D eigenvalue weighted by atomic mass is 28.4. The van der Waals surface area contributed by atoms with Gasteiger partial charge in [-0.1, -0.05) is 74.4 Å². The van der Waals surface area contributed by atoms with E-state index in [1.54, 1.807) is 19.3 Å². The number of carbonyl (C=O) groups excluding carboxylic acids is 2. The predicted octanol–water partition coefficient (Wildman–Crippen LogP) is 10.2. The Bertz CT molecular complexity index is 1490. The molecule has 0 unspecified atom stereocenters. The number of ether oxygens (including phenoxy) is 3. The molecule has 0 bridgehead atoms. The van der Waals surface area contributed by atoms with Crippen LogP contribution in [0.3, 0.4) is 0 Å². The van der Waals surface area contributed by atoms with Gasteiger partial charge in [-0.3, -0.25) is 0 Å².